The van der Waals surface area contributed by atoms with Crippen LogP contribution in [-0.2, 0) is 0 Å². The molecule has 0 aromatic carbocycles. The molecular formula is C7H14N2. The SMILES string of the molecule is CC.CC1=NC=NCC1. The molecule has 0 saturated heterocycles. The van der Waals surface area contributed by atoms with Crippen LogP contribution in [0.25, 0.3) is 0 Å². The predicted molar refractivity (Wildman–Crippen MR) is 42.4 cm³/mol. The van der Waals surface area contributed by atoms with Gasteiger partial charge < -0.3 is 0 Å². The minimum atomic E-state index is 0.926. The summed E-state index contributed by atoms with van der Waals surface area (Å²) in [6, 6.07) is 0. The lowest BCUT2D eigenvalue weighted by atomic mass is 10.3. The average molecular weight is 126 g/mol. The van der Waals surface area contributed by atoms with Crippen LogP contribution in [0.4, 0.5) is 0 Å². The van der Waals surface area contributed by atoms with E-state index in [4.69, 9.17) is 0 Å². The van der Waals surface area contributed by atoms with Gasteiger partial charge in [0, 0.05) is 18.7 Å². The van der Waals surface area contributed by atoms with Gasteiger partial charge in [-0.05, 0) is 6.92 Å². The van der Waals surface area contributed by atoms with Crippen molar-refractivity contribution in [2.24, 2.45) is 9.98 Å². The van der Waals surface area contributed by atoms with Gasteiger partial charge in [-0.25, -0.2) is 4.99 Å². The van der Waals surface area contributed by atoms with Crippen LogP contribution in [0.15, 0.2) is 9.98 Å². The van der Waals surface area contributed by atoms with Crippen molar-refractivity contribution in [2.75, 3.05) is 6.54 Å². The van der Waals surface area contributed by atoms with Crippen LogP contribution in [0.1, 0.15) is 27.2 Å². The molecule has 2 heteroatoms. The highest BCUT2D eigenvalue weighted by Crippen LogP contribution is 1.90. The molecule has 0 aliphatic carbocycles. The van der Waals surface area contributed by atoms with E-state index < -0.39 is 0 Å². The van der Waals surface area contributed by atoms with E-state index in [1.54, 1.807) is 6.34 Å². The highest BCUT2D eigenvalue weighted by molar-refractivity contribution is 5.90. The van der Waals surface area contributed by atoms with Crippen LogP contribution in [-0.4, -0.2) is 18.6 Å². The molecule has 0 aromatic heterocycles. The lowest BCUT2D eigenvalue weighted by Gasteiger charge is -1.97. The van der Waals surface area contributed by atoms with E-state index in [-0.39, 0.29) is 0 Å². The fourth-order valence-corrected chi connectivity index (χ4v) is 0.488. The summed E-state index contributed by atoms with van der Waals surface area (Å²) in [6.07, 6.45) is 2.66. The van der Waals surface area contributed by atoms with Crippen molar-refractivity contribution in [3.8, 4) is 0 Å². The molecular weight excluding hydrogens is 112 g/mol. The van der Waals surface area contributed by atoms with Crippen molar-refractivity contribution < 1.29 is 0 Å². The maximum atomic E-state index is 3.95. The summed E-state index contributed by atoms with van der Waals surface area (Å²) in [5.74, 6) is 0. The number of nitrogens with zero attached hydrogens (tertiary/aromatic N) is 2. The monoisotopic (exact) mass is 126 g/mol. The Labute approximate surface area is 56.7 Å². The predicted octanol–water partition coefficient (Wildman–Crippen LogP) is 1.91. The molecule has 1 heterocycles. The summed E-state index contributed by atoms with van der Waals surface area (Å²) in [4.78, 5) is 7.87. The summed E-state index contributed by atoms with van der Waals surface area (Å²) in [6.45, 7) is 6.94. The zero-order chi connectivity index (χ0) is 7.11. The second-order valence-corrected chi connectivity index (χ2v) is 1.64. The van der Waals surface area contributed by atoms with E-state index in [2.05, 4.69) is 9.98 Å². The third-order valence-corrected chi connectivity index (χ3v) is 0.962. The first kappa shape index (κ1) is 8.34. The molecule has 0 aromatic rings. The van der Waals surface area contributed by atoms with Crippen LogP contribution in [0, 0.1) is 0 Å². The third kappa shape index (κ3) is 3.88. The molecule has 0 saturated carbocycles. The number of aliphatic imine (C=N–C) groups is 2. The highest BCUT2D eigenvalue weighted by Gasteiger charge is 1.91. The Balaban J connectivity index is 0.000000291. The van der Waals surface area contributed by atoms with Gasteiger partial charge in [-0.2, -0.15) is 0 Å². The Hall–Kier alpha value is -0.660. The van der Waals surface area contributed by atoms with Crippen molar-refractivity contribution in [1.29, 1.82) is 0 Å². The number of hydrogen-bond donors (Lipinski definition) is 0. The minimum absolute atomic E-state index is 0.926. The van der Waals surface area contributed by atoms with Gasteiger partial charge in [0.05, 0.1) is 0 Å². The Bertz CT molecular complexity index is 114. The first-order chi connectivity index (χ1) is 4.39. The smallest absolute Gasteiger partial charge is 0.109 e. The van der Waals surface area contributed by atoms with Gasteiger partial charge in [0.1, 0.15) is 6.34 Å². The van der Waals surface area contributed by atoms with Crippen molar-refractivity contribution in [3.05, 3.63) is 0 Å². The molecule has 0 atom stereocenters. The Kier molecular flexibility index (Phi) is 5.07. The van der Waals surface area contributed by atoms with Gasteiger partial charge in [-0.15, -0.1) is 0 Å². The second kappa shape index (κ2) is 5.48. The topological polar surface area (TPSA) is 24.7 Å². The molecule has 0 radical (unpaired) electrons. The first-order valence-electron chi connectivity index (χ1n) is 3.41. The summed E-state index contributed by atoms with van der Waals surface area (Å²) in [5.41, 5.74) is 1.19. The zero-order valence-electron chi connectivity index (χ0n) is 6.39. The Morgan fingerprint density at radius 1 is 1.44 bits per heavy atom. The number of rotatable bonds is 0. The number of hydrogen-bond acceptors (Lipinski definition) is 2. The molecule has 1 aliphatic heterocycles. The molecule has 2 nitrogen and oxygen atoms in total. The van der Waals surface area contributed by atoms with Crippen LogP contribution in [0.5, 0.6) is 0 Å². The summed E-state index contributed by atoms with van der Waals surface area (Å²) < 4.78 is 0. The van der Waals surface area contributed by atoms with Crippen LogP contribution in [0.2, 0.25) is 0 Å². The quantitative estimate of drug-likeness (QED) is 0.473. The maximum absolute atomic E-state index is 3.95. The molecule has 0 N–H and O–H groups in total. The lowest BCUT2D eigenvalue weighted by molar-refractivity contribution is 1.02. The molecule has 0 bridgehead atoms. The molecule has 1 aliphatic rings. The molecule has 9 heavy (non-hydrogen) atoms. The largest absolute Gasteiger partial charge is 0.273 e. The van der Waals surface area contributed by atoms with Gasteiger partial charge in [-0.3, -0.25) is 4.99 Å². The molecule has 0 fully saturated rings. The minimum Gasteiger partial charge on any atom is -0.273 e. The van der Waals surface area contributed by atoms with E-state index in [1.807, 2.05) is 20.8 Å². The fraction of sp³-hybridized carbons (Fsp3) is 0.714. The maximum Gasteiger partial charge on any atom is 0.109 e. The second-order valence-electron chi connectivity index (χ2n) is 1.64. The average Bonchev–Trinajstić information content (AvgIpc) is 1.94. The first-order valence-corrected chi connectivity index (χ1v) is 3.41. The van der Waals surface area contributed by atoms with Crippen molar-refractivity contribution in [1.82, 2.24) is 0 Å². The van der Waals surface area contributed by atoms with E-state index in [1.165, 1.54) is 5.71 Å². The van der Waals surface area contributed by atoms with Crippen LogP contribution < -0.4 is 0 Å². The van der Waals surface area contributed by atoms with Gasteiger partial charge in [0.25, 0.3) is 0 Å². The van der Waals surface area contributed by atoms with E-state index in [9.17, 15) is 0 Å². The van der Waals surface area contributed by atoms with Crippen molar-refractivity contribution in [3.63, 3.8) is 0 Å². The van der Waals surface area contributed by atoms with E-state index in [0.29, 0.717) is 0 Å². The van der Waals surface area contributed by atoms with Crippen molar-refractivity contribution >= 4 is 12.1 Å². The molecule has 0 unspecified atom stereocenters. The molecule has 1 rings (SSSR count). The highest BCUT2D eigenvalue weighted by atomic mass is 14.9. The summed E-state index contributed by atoms with van der Waals surface area (Å²) in [7, 11) is 0. The Morgan fingerprint density at radius 3 is 2.33 bits per heavy atom. The summed E-state index contributed by atoms with van der Waals surface area (Å²) >= 11 is 0. The van der Waals surface area contributed by atoms with Gasteiger partial charge >= 0.3 is 0 Å². The fourth-order valence-electron chi connectivity index (χ4n) is 0.488. The normalized spacial score (nSPS) is 15.7. The van der Waals surface area contributed by atoms with Gasteiger partial charge in [-0.1, -0.05) is 13.8 Å². The van der Waals surface area contributed by atoms with E-state index >= 15 is 0 Å². The van der Waals surface area contributed by atoms with Gasteiger partial charge in [0.2, 0.25) is 0 Å². The van der Waals surface area contributed by atoms with E-state index in [0.717, 1.165) is 13.0 Å². The van der Waals surface area contributed by atoms with Crippen LogP contribution in [0.3, 0.4) is 0 Å². The third-order valence-electron chi connectivity index (χ3n) is 0.962. The summed E-state index contributed by atoms with van der Waals surface area (Å²) in [5, 5.41) is 0. The zero-order valence-corrected chi connectivity index (χ0v) is 6.39. The molecule has 0 spiro atoms. The molecule has 0 amide bonds. The standard InChI is InChI=1S/C5H8N2.C2H6/c1-5-2-3-6-4-7-5;1-2/h4H,2-3H2,1H3;1-2H3. The molecule has 52 valence electrons. The van der Waals surface area contributed by atoms with Crippen LogP contribution >= 0.6 is 0 Å². The Morgan fingerprint density at radius 2 is 2.11 bits per heavy atom. The van der Waals surface area contributed by atoms with Gasteiger partial charge in [0.15, 0.2) is 0 Å². The lowest BCUT2D eigenvalue weighted by Crippen LogP contribution is -1.99. The van der Waals surface area contributed by atoms with Crippen molar-refractivity contribution in [2.45, 2.75) is 27.2 Å².